The Labute approximate surface area is 109 Å². The molecule has 1 aromatic carbocycles. The second-order valence-corrected chi connectivity index (χ2v) is 3.87. The molecule has 0 aliphatic rings. The van der Waals surface area contributed by atoms with Gasteiger partial charge in [0.15, 0.2) is 0 Å². The van der Waals surface area contributed by atoms with Gasteiger partial charge in [0.1, 0.15) is 6.10 Å². The van der Waals surface area contributed by atoms with E-state index in [0.717, 1.165) is 10.2 Å². The molecule has 1 aromatic rings. The zero-order valence-electron chi connectivity index (χ0n) is 8.77. The molecule has 0 saturated carbocycles. The summed E-state index contributed by atoms with van der Waals surface area (Å²) >= 11 is 3.31. The second-order valence-electron chi connectivity index (χ2n) is 2.96. The minimum absolute atomic E-state index is 0. The quantitative estimate of drug-likeness (QED) is 0.891. The van der Waals surface area contributed by atoms with Crippen LogP contribution in [0.1, 0.15) is 0 Å². The van der Waals surface area contributed by atoms with Crippen molar-refractivity contribution in [3.63, 3.8) is 0 Å². The zero-order valence-corrected chi connectivity index (χ0v) is 11.2. The van der Waals surface area contributed by atoms with Gasteiger partial charge in [-0.1, -0.05) is 15.9 Å². The molecule has 90 valence electrons. The molecule has 4 nitrogen and oxygen atoms in total. The summed E-state index contributed by atoms with van der Waals surface area (Å²) in [5, 5.41) is 2.71. The number of amides is 1. The van der Waals surface area contributed by atoms with Gasteiger partial charge in [0, 0.05) is 23.8 Å². The van der Waals surface area contributed by atoms with Crippen LogP contribution in [-0.4, -0.2) is 25.7 Å². The van der Waals surface area contributed by atoms with E-state index in [1.807, 2.05) is 12.1 Å². The van der Waals surface area contributed by atoms with Crippen molar-refractivity contribution in [1.82, 2.24) is 0 Å². The first-order valence-corrected chi connectivity index (χ1v) is 5.26. The zero-order chi connectivity index (χ0) is 11.3. The van der Waals surface area contributed by atoms with E-state index in [2.05, 4.69) is 21.2 Å². The van der Waals surface area contributed by atoms with Gasteiger partial charge in [-0.3, -0.25) is 4.79 Å². The van der Waals surface area contributed by atoms with E-state index in [1.165, 1.54) is 7.11 Å². The van der Waals surface area contributed by atoms with Crippen molar-refractivity contribution in [3.8, 4) is 0 Å². The maximum Gasteiger partial charge on any atom is 0.254 e. The Morgan fingerprint density at radius 1 is 1.50 bits per heavy atom. The first-order chi connectivity index (χ1) is 7.17. The molecule has 0 spiro atoms. The first-order valence-electron chi connectivity index (χ1n) is 4.46. The van der Waals surface area contributed by atoms with Gasteiger partial charge in [-0.15, -0.1) is 12.4 Å². The van der Waals surface area contributed by atoms with Crippen molar-refractivity contribution in [2.24, 2.45) is 5.73 Å². The molecule has 1 unspecified atom stereocenters. The third-order valence-electron chi connectivity index (χ3n) is 1.90. The minimum Gasteiger partial charge on any atom is -0.370 e. The van der Waals surface area contributed by atoms with Crippen LogP contribution in [0.25, 0.3) is 0 Å². The lowest BCUT2D eigenvalue weighted by atomic mass is 10.3. The first kappa shape index (κ1) is 15.4. The molecular formula is C10H14BrClN2O2. The van der Waals surface area contributed by atoms with Crippen molar-refractivity contribution < 1.29 is 9.53 Å². The van der Waals surface area contributed by atoms with Crippen LogP contribution in [0.5, 0.6) is 0 Å². The molecule has 0 aliphatic carbocycles. The number of hydrogen-bond acceptors (Lipinski definition) is 3. The predicted molar refractivity (Wildman–Crippen MR) is 69.9 cm³/mol. The average Bonchev–Trinajstić information content (AvgIpc) is 2.23. The molecule has 0 heterocycles. The van der Waals surface area contributed by atoms with Gasteiger partial charge in [0.05, 0.1) is 0 Å². The van der Waals surface area contributed by atoms with Crippen LogP contribution in [0.4, 0.5) is 5.69 Å². The molecular weight excluding hydrogens is 295 g/mol. The number of halogens is 2. The third kappa shape index (κ3) is 4.49. The number of nitrogens with one attached hydrogen (secondary N) is 1. The molecule has 0 bridgehead atoms. The number of carbonyl (C=O) groups is 1. The second kappa shape index (κ2) is 7.62. The molecule has 3 N–H and O–H groups in total. The largest absolute Gasteiger partial charge is 0.370 e. The summed E-state index contributed by atoms with van der Waals surface area (Å²) in [6.07, 6.45) is -0.603. The highest BCUT2D eigenvalue weighted by Crippen LogP contribution is 2.14. The lowest BCUT2D eigenvalue weighted by Crippen LogP contribution is -2.35. The molecule has 1 rings (SSSR count). The van der Waals surface area contributed by atoms with Crippen LogP contribution in [0.15, 0.2) is 28.7 Å². The third-order valence-corrected chi connectivity index (χ3v) is 2.43. The van der Waals surface area contributed by atoms with E-state index < -0.39 is 6.10 Å². The van der Waals surface area contributed by atoms with E-state index in [4.69, 9.17) is 10.5 Å². The number of carbonyl (C=O) groups excluding carboxylic acids is 1. The Hall–Kier alpha value is -0.620. The topological polar surface area (TPSA) is 64.3 Å². The molecule has 0 aliphatic heterocycles. The van der Waals surface area contributed by atoms with Gasteiger partial charge in [-0.25, -0.2) is 0 Å². The van der Waals surface area contributed by atoms with E-state index in [0.29, 0.717) is 0 Å². The Bertz CT molecular complexity index is 328. The molecule has 0 radical (unpaired) electrons. The lowest BCUT2D eigenvalue weighted by Gasteiger charge is -2.12. The van der Waals surface area contributed by atoms with E-state index in [9.17, 15) is 4.79 Å². The molecule has 1 atom stereocenters. The van der Waals surface area contributed by atoms with Crippen LogP contribution in [0.3, 0.4) is 0 Å². The monoisotopic (exact) mass is 308 g/mol. The van der Waals surface area contributed by atoms with Crippen molar-refractivity contribution in [2.75, 3.05) is 19.0 Å². The molecule has 16 heavy (non-hydrogen) atoms. The summed E-state index contributed by atoms with van der Waals surface area (Å²) in [6, 6.07) is 7.29. The fraction of sp³-hybridized carbons (Fsp3) is 0.300. The highest BCUT2D eigenvalue weighted by Gasteiger charge is 2.15. The Balaban J connectivity index is 0.00000225. The number of ether oxygens (including phenoxy) is 1. The standard InChI is InChI=1S/C10H13BrN2O2.ClH/c1-15-9(6-12)10(14)13-8-4-2-7(11)3-5-8;/h2-5,9H,6,12H2,1H3,(H,13,14);1H. The van der Waals surface area contributed by atoms with Crippen molar-refractivity contribution >= 4 is 39.9 Å². The highest BCUT2D eigenvalue weighted by atomic mass is 79.9. The van der Waals surface area contributed by atoms with Gasteiger partial charge in [-0.05, 0) is 24.3 Å². The molecule has 0 fully saturated rings. The lowest BCUT2D eigenvalue weighted by molar-refractivity contribution is -0.125. The number of methoxy groups -OCH3 is 1. The predicted octanol–water partition coefficient (Wildman–Crippen LogP) is 1.78. The summed E-state index contributed by atoms with van der Waals surface area (Å²) in [5.41, 5.74) is 6.09. The smallest absolute Gasteiger partial charge is 0.254 e. The Morgan fingerprint density at radius 2 is 2.06 bits per heavy atom. The fourth-order valence-corrected chi connectivity index (χ4v) is 1.33. The maximum absolute atomic E-state index is 11.5. The average molecular weight is 310 g/mol. The van der Waals surface area contributed by atoms with Crippen molar-refractivity contribution in [1.29, 1.82) is 0 Å². The molecule has 0 aromatic heterocycles. The van der Waals surface area contributed by atoms with Gasteiger partial charge < -0.3 is 15.8 Å². The minimum atomic E-state index is -0.603. The molecule has 1 amide bonds. The van der Waals surface area contributed by atoms with Crippen LogP contribution in [0, 0.1) is 0 Å². The van der Waals surface area contributed by atoms with Gasteiger partial charge in [0.25, 0.3) is 5.91 Å². The van der Waals surface area contributed by atoms with Crippen molar-refractivity contribution in [2.45, 2.75) is 6.10 Å². The summed E-state index contributed by atoms with van der Waals surface area (Å²) < 4.78 is 5.87. The Kier molecular flexibility index (Phi) is 7.33. The Morgan fingerprint density at radius 3 is 2.50 bits per heavy atom. The van der Waals surface area contributed by atoms with Gasteiger partial charge >= 0.3 is 0 Å². The number of hydrogen-bond donors (Lipinski definition) is 2. The summed E-state index contributed by atoms with van der Waals surface area (Å²) in [7, 11) is 1.46. The summed E-state index contributed by atoms with van der Waals surface area (Å²) in [4.78, 5) is 11.5. The summed E-state index contributed by atoms with van der Waals surface area (Å²) in [5.74, 6) is -0.234. The van der Waals surface area contributed by atoms with Gasteiger partial charge in [-0.2, -0.15) is 0 Å². The molecule has 6 heteroatoms. The van der Waals surface area contributed by atoms with E-state index >= 15 is 0 Å². The number of rotatable bonds is 4. The number of nitrogens with two attached hydrogens (primary N) is 1. The number of benzene rings is 1. The number of anilines is 1. The maximum atomic E-state index is 11.5. The van der Waals surface area contributed by atoms with Crippen LogP contribution in [-0.2, 0) is 9.53 Å². The van der Waals surface area contributed by atoms with E-state index in [1.54, 1.807) is 12.1 Å². The highest BCUT2D eigenvalue weighted by molar-refractivity contribution is 9.10. The molecule has 0 saturated heterocycles. The van der Waals surface area contributed by atoms with Crippen molar-refractivity contribution in [3.05, 3.63) is 28.7 Å². The van der Waals surface area contributed by atoms with Gasteiger partial charge in [0.2, 0.25) is 0 Å². The summed E-state index contributed by atoms with van der Waals surface area (Å²) in [6.45, 7) is 0.166. The SMILES string of the molecule is COC(CN)C(=O)Nc1ccc(Br)cc1.Cl. The van der Waals surface area contributed by atoms with Crippen LogP contribution < -0.4 is 11.1 Å². The fourth-order valence-electron chi connectivity index (χ4n) is 1.07. The van der Waals surface area contributed by atoms with Crippen LogP contribution >= 0.6 is 28.3 Å². The normalized spacial score (nSPS) is 11.4. The van der Waals surface area contributed by atoms with E-state index in [-0.39, 0.29) is 24.9 Å². The van der Waals surface area contributed by atoms with Crippen LogP contribution in [0.2, 0.25) is 0 Å².